The summed E-state index contributed by atoms with van der Waals surface area (Å²) in [5, 5.41) is 18.1. The highest BCUT2D eigenvalue weighted by Gasteiger charge is 2.42. The first kappa shape index (κ1) is 30.6. The molecule has 3 aromatic carbocycles. The fourth-order valence-electron chi connectivity index (χ4n) is 5.81. The Bertz CT molecular complexity index is 1480. The summed E-state index contributed by atoms with van der Waals surface area (Å²) < 4.78 is 55.6. The van der Waals surface area contributed by atoms with E-state index < -0.39 is 45.6 Å². The zero-order valence-corrected chi connectivity index (χ0v) is 24.1. The van der Waals surface area contributed by atoms with Crippen LogP contribution >= 0.6 is 0 Å². The van der Waals surface area contributed by atoms with E-state index in [1.807, 2.05) is 0 Å². The molecule has 3 unspecified atom stereocenters. The number of amides is 2. The molecule has 1 saturated carbocycles. The minimum Gasteiger partial charge on any atom is -0.465 e. The average molecular weight is 613 g/mol. The van der Waals surface area contributed by atoms with Gasteiger partial charge in [0, 0.05) is 37.6 Å². The molecule has 4 N–H and O–H groups in total. The van der Waals surface area contributed by atoms with E-state index in [0.29, 0.717) is 50.0 Å². The lowest BCUT2D eigenvalue weighted by Gasteiger charge is -2.35. The van der Waals surface area contributed by atoms with Crippen LogP contribution in [0.15, 0.2) is 83.8 Å². The van der Waals surface area contributed by atoms with Gasteiger partial charge in [0.2, 0.25) is 15.9 Å². The maximum atomic E-state index is 13.7. The number of carbonyl (C=O) groups excluding carboxylic acids is 1. The van der Waals surface area contributed by atoms with Gasteiger partial charge in [0.15, 0.2) is 0 Å². The molecular formula is C31H34F2N4O5S. The number of benzene rings is 3. The summed E-state index contributed by atoms with van der Waals surface area (Å²) in [5.74, 6) is -2.27. The normalized spacial score (nSPS) is 21.2. The van der Waals surface area contributed by atoms with Gasteiger partial charge in [0.05, 0.1) is 4.90 Å². The van der Waals surface area contributed by atoms with Gasteiger partial charge in [-0.2, -0.15) is 4.31 Å². The van der Waals surface area contributed by atoms with Gasteiger partial charge in [-0.3, -0.25) is 4.79 Å². The van der Waals surface area contributed by atoms with Crippen molar-refractivity contribution in [3.05, 3.63) is 102 Å². The fraction of sp³-hybridized carbons (Fsp3) is 0.355. The van der Waals surface area contributed by atoms with Gasteiger partial charge in [-0.25, -0.2) is 22.0 Å². The molecule has 228 valence electrons. The topological polar surface area (TPSA) is 128 Å². The molecule has 4 atom stereocenters. The number of rotatable bonds is 11. The minimum absolute atomic E-state index is 0.104. The summed E-state index contributed by atoms with van der Waals surface area (Å²) in [6.07, 6.45) is 0.538. The van der Waals surface area contributed by atoms with Gasteiger partial charge in [-0.05, 0) is 72.7 Å². The second-order valence-electron chi connectivity index (χ2n) is 11.0. The van der Waals surface area contributed by atoms with Crippen molar-refractivity contribution in [1.29, 1.82) is 0 Å². The van der Waals surface area contributed by atoms with Crippen LogP contribution in [0.3, 0.4) is 0 Å². The van der Waals surface area contributed by atoms with Crippen molar-refractivity contribution in [2.45, 2.75) is 48.2 Å². The highest BCUT2D eigenvalue weighted by molar-refractivity contribution is 7.89. The molecule has 2 amide bonds. The average Bonchev–Trinajstić information content (AvgIpc) is 3.75. The molecule has 9 nitrogen and oxygen atoms in total. The summed E-state index contributed by atoms with van der Waals surface area (Å²) in [7, 11) is -3.65. The Kier molecular flexibility index (Phi) is 9.38. The quantitative estimate of drug-likeness (QED) is 0.262. The number of piperazine rings is 1. The van der Waals surface area contributed by atoms with Crippen molar-refractivity contribution in [3.8, 4) is 0 Å². The lowest BCUT2D eigenvalue weighted by Crippen LogP contribution is -2.53. The van der Waals surface area contributed by atoms with Crippen LogP contribution in [0.4, 0.5) is 13.6 Å². The van der Waals surface area contributed by atoms with Gasteiger partial charge >= 0.3 is 6.09 Å². The molecule has 3 aromatic rings. The lowest BCUT2D eigenvalue weighted by molar-refractivity contribution is -0.123. The van der Waals surface area contributed by atoms with Crippen LogP contribution in [0.5, 0.6) is 0 Å². The van der Waals surface area contributed by atoms with Crippen molar-refractivity contribution in [3.63, 3.8) is 0 Å². The third-order valence-corrected chi connectivity index (χ3v) is 10.1. The highest BCUT2D eigenvalue weighted by atomic mass is 32.2. The zero-order valence-electron chi connectivity index (χ0n) is 23.3. The third-order valence-electron chi connectivity index (χ3n) is 8.12. The first-order valence-electron chi connectivity index (χ1n) is 14.2. The molecule has 1 aliphatic carbocycles. The van der Waals surface area contributed by atoms with Crippen molar-refractivity contribution in [2.75, 3.05) is 19.6 Å². The molecule has 1 saturated heterocycles. The number of hydrogen-bond acceptors (Lipinski definition) is 5. The number of halogens is 2. The molecular weight excluding hydrogens is 578 g/mol. The van der Waals surface area contributed by atoms with Crippen molar-refractivity contribution < 1.29 is 31.9 Å². The molecule has 0 bridgehead atoms. The molecule has 5 rings (SSSR count). The van der Waals surface area contributed by atoms with E-state index in [2.05, 4.69) is 16.0 Å². The fourth-order valence-corrected chi connectivity index (χ4v) is 7.48. The van der Waals surface area contributed by atoms with Crippen molar-refractivity contribution >= 4 is 22.0 Å². The van der Waals surface area contributed by atoms with E-state index in [0.717, 1.165) is 0 Å². The summed E-state index contributed by atoms with van der Waals surface area (Å²) in [4.78, 5) is 25.6. The number of nitrogens with zero attached hydrogens (tertiary/aromatic N) is 1. The van der Waals surface area contributed by atoms with Crippen LogP contribution in [-0.2, 0) is 14.8 Å². The molecule has 0 spiro atoms. The molecule has 1 aliphatic heterocycles. The standard InChI is InChI=1S/C31H34F2N4O5S/c32-23-11-6-20(7-12-23)28(21-8-13-24(33)14-9-21)29(36-31(39)40)30(38)35-27-18-22(27)10-15-25-19-34-16-17-37(25)43(41,42)26-4-2-1-3-5-26/h1-9,11-14,22,25,27-29,34,36H,10,15-19H2,(H,35,38)(H,39,40)/t22?,25-,27?,29?/m0/s1. The second-order valence-corrected chi connectivity index (χ2v) is 12.9. The van der Waals surface area contributed by atoms with E-state index in [-0.39, 0.29) is 22.9 Å². The van der Waals surface area contributed by atoms with Gasteiger partial charge < -0.3 is 21.1 Å². The van der Waals surface area contributed by atoms with Gasteiger partial charge in [0.25, 0.3) is 0 Å². The smallest absolute Gasteiger partial charge is 0.405 e. The van der Waals surface area contributed by atoms with Crippen LogP contribution in [0.25, 0.3) is 0 Å². The van der Waals surface area contributed by atoms with Crippen LogP contribution < -0.4 is 16.0 Å². The summed E-state index contributed by atoms with van der Waals surface area (Å²) in [6, 6.07) is 17.4. The van der Waals surface area contributed by atoms with Crippen LogP contribution in [0.2, 0.25) is 0 Å². The number of carboxylic acid groups (broad SMARTS) is 1. The first-order chi connectivity index (χ1) is 20.6. The lowest BCUT2D eigenvalue weighted by atomic mass is 9.84. The van der Waals surface area contributed by atoms with E-state index in [1.54, 1.807) is 34.6 Å². The Hall–Kier alpha value is -3.87. The summed E-state index contributed by atoms with van der Waals surface area (Å²) in [5.41, 5.74) is 0.970. The predicted octanol–water partition coefficient (Wildman–Crippen LogP) is 3.68. The first-order valence-corrected chi connectivity index (χ1v) is 15.7. The van der Waals surface area contributed by atoms with Gasteiger partial charge in [-0.15, -0.1) is 0 Å². The third kappa shape index (κ3) is 7.38. The Labute approximate surface area is 249 Å². The van der Waals surface area contributed by atoms with E-state index in [9.17, 15) is 31.9 Å². The van der Waals surface area contributed by atoms with Crippen LogP contribution in [0, 0.1) is 17.6 Å². The molecule has 2 fully saturated rings. The molecule has 12 heteroatoms. The Morgan fingerprint density at radius 3 is 2.12 bits per heavy atom. The number of nitrogens with one attached hydrogen (secondary N) is 3. The highest BCUT2D eigenvalue weighted by Crippen LogP contribution is 2.37. The van der Waals surface area contributed by atoms with Crippen LogP contribution in [-0.4, -0.2) is 67.6 Å². The molecule has 2 aliphatic rings. The van der Waals surface area contributed by atoms with E-state index in [4.69, 9.17) is 0 Å². The minimum atomic E-state index is -3.65. The van der Waals surface area contributed by atoms with Gasteiger partial charge in [-0.1, -0.05) is 42.5 Å². The summed E-state index contributed by atoms with van der Waals surface area (Å²) in [6.45, 7) is 1.45. The zero-order chi connectivity index (χ0) is 30.6. The summed E-state index contributed by atoms with van der Waals surface area (Å²) >= 11 is 0. The maximum absolute atomic E-state index is 13.7. The largest absolute Gasteiger partial charge is 0.465 e. The Morgan fingerprint density at radius 2 is 1.53 bits per heavy atom. The Balaban J connectivity index is 1.27. The molecule has 0 radical (unpaired) electrons. The van der Waals surface area contributed by atoms with Crippen molar-refractivity contribution in [2.24, 2.45) is 5.92 Å². The number of carbonyl (C=O) groups is 2. The number of sulfonamides is 1. The Morgan fingerprint density at radius 1 is 0.930 bits per heavy atom. The molecule has 43 heavy (non-hydrogen) atoms. The molecule has 1 heterocycles. The molecule has 0 aromatic heterocycles. The van der Waals surface area contributed by atoms with Crippen molar-refractivity contribution in [1.82, 2.24) is 20.3 Å². The van der Waals surface area contributed by atoms with Gasteiger partial charge in [0.1, 0.15) is 17.7 Å². The SMILES string of the molecule is O=C(O)NC(C(=O)NC1CC1CC[C@H]1CNCCN1S(=O)(=O)c1ccccc1)C(c1ccc(F)cc1)c1ccc(F)cc1. The monoisotopic (exact) mass is 612 g/mol. The van der Waals surface area contributed by atoms with E-state index >= 15 is 0 Å². The predicted molar refractivity (Wildman–Crippen MR) is 156 cm³/mol. The van der Waals surface area contributed by atoms with E-state index in [1.165, 1.54) is 48.5 Å². The number of hydrogen-bond donors (Lipinski definition) is 4. The maximum Gasteiger partial charge on any atom is 0.405 e. The van der Waals surface area contributed by atoms with Crippen LogP contribution in [0.1, 0.15) is 36.3 Å². The second kappa shape index (κ2) is 13.2.